The Morgan fingerprint density at radius 1 is 1.48 bits per heavy atom. The number of sulfonamides is 1. The largest absolute Gasteiger partial charge is 0.487 e. The molecule has 0 fully saturated rings. The Hall–Kier alpha value is -1.60. The molecule has 1 aliphatic heterocycles. The number of nitrogens with one attached hydrogen (secondary N) is 1. The van der Waals surface area contributed by atoms with Crippen molar-refractivity contribution in [2.45, 2.75) is 31.3 Å². The molecule has 7 heteroatoms. The molecule has 1 heterocycles. The van der Waals surface area contributed by atoms with Crippen LogP contribution in [0.5, 0.6) is 5.75 Å². The second-order valence-corrected chi connectivity index (χ2v) is 7.06. The molecule has 0 aromatic heterocycles. The van der Waals surface area contributed by atoms with Crippen molar-refractivity contribution >= 4 is 21.5 Å². The first-order valence-corrected chi connectivity index (χ1v) is 8.29. The molecule has 0 spiro atoms. The molecule has 116 valence electrons. The van der Waals surface area contributed by atoms with Gasteiger partial charge in [0.2, 0.25) is 10.0 Å². The highest BCUT2D eigenvalue weighted by Crippen LogP contribution is 2.34. The third-order valence-corrected chi connectivity index (χ3v) is 4.74. The quantitative estimate of drug-likeness (QED) is 0.883. The van der Waals surface area contributed by atoms with E-state index in [0.29, 0.717) is 12.3 Å². The molecule has 6 nitrogen and oxygen atoms in total. The minimum atomic E-state index is -3.61. The van der Waals surface area contributed by atoms with Gasteiger partial charge in [-0.05, 0) is 32.0 Å². The summed E-state index contributed by atoms with van der Waals surface area (Å²) < 4.78 is 32.5. The summed E-state index contributed by atoms with van der Waals surface area (Å²) in [6, 6.07) is 4.78. The van der Waals surface area contributed by atoms with Gasteiger partial charge in [0, 0.05) is 20.0 Å². The number of likely N-dealkylation sites (N-methyl/N-ethyl adjacent to an activating group) is 1. The second-order valence-electron chi connectivity index (χ2n) is 5.29. The first-order chi connectivity index (χ1) is 9.79. The SMILES string of the molecule is CC(=O)CCNS(=O)(=O)c1ccc2c(c1)N(C)CC(C)O2. The highest BCUT2D eigenvalue weighted by molar-refractivity contribution is 7.89. The van der Waals surface area contributed by atoms with Crippen LogP contribution in [-0.4, -0.2) is 40.4 Å². The number of hydrogen-bond acceptors (Lipinski definition) is 5. The second kappa shape index (κ2) is 6.03. The fourth-order valence-corrected chi connectivity index (χ4v) is 3.30. The molecule has 1 aliphatic rings. The van der Waals surface area contributed by atoms with Gasteiger partial charge in [0.15, 0.2) is 0 Å². The number of fused-ring (bicyclic) bond motifs is 1. The molecule has 0 saturated heterocycles. The Labute approximate surface area is 125 Å². The Morgan fingerprint density at radius 3 is 2.86 bits per heavy atom. The number of Topliss-reactive ketones (excluding diaryl/α,β-unsaturated/α-hetero) is 1. The fraction of sp³-hybridized carbons (Fsp3) is 0.500. The van der Waals surface area contributed by atoms with E-state index >= 15 is 0 Å². The van der Waals surface area contributed by atoms with Gasteiger partial charge in [-0.15, -0.1) is 0 Å². The zero-order valence-corrected chi connectivity index (χ0v) is 13.2. The monoisotopic (exact) mass is 312 g/mol. The van der Waals surface area contributed by atoms with Gasteiger partial charge in [-0.25, -0.2) is 13.1 Å². The van der Waals surface area contributed by atoms with E-state index in [9.17, 15) is 13.2 Å². The number of carbonyl (C=O) groups excluding carboxylic acids is 1. The summed E-state index contributed by atoms with van der Waals surface area (Å²) in [6.45, 7) is 4.21. The molecule has 1 unspecified atom stereocenters. The van der Waals surface area contributed by atoms with Crippen molar-refractivity contribution in [3.05, 3.63) is 18.2 Å². The topological polar surface area (TPSA) is 75.7 Å². The highest BCUT2D eigenvalue weighted by Gasteiger charge is 2.23. The molecule has 1 atom stereocenters. The summed E-state index contributed by atoms with van der Waals surface area (Å²) in [5.41, 5.74) is 0.752. The summed E-state index contributed by atoms with van der Waals surface area (Å²) in [4.78, 5) is 13.0. The Bertz CT molecular complexity index is 642. The van der Waals surface area contributed by atoms with E-state index < -0.39 is 10.0 Å². The first-order valence-electron chi connectivity index (χ1n) is 6.80. The van der Waals surface area contributed by atoms with Gasteiger partial charge in [0.25, 0.3) is 0 Å². The Morgan fingerprint density at radius 2 is 2.19 bits per heavy atom. The Kier molecular flexibility index (Phi) is 4.53. The number of anilines is 1. The van der Waals surface area contributed by atoms with Crippen molar-refractivity contribution in [2.24, 2.45) is 0 Å². The van der Waals surface area contributed by atoms with Crippen molar-refractivity contribution in [3.63, 3.8) is 0 Å². The van der Waals surface area contributed by atoms with Crippen molar-refractivity contribution in [3.8, 4) is 5.75 Å². The van der Waals surface area contributed by atoms with Crippen molar-refractivity contribution in [2.75, 3.05) is 25.0 Å². The van der Waals surface area contributed by atoms with Crippen molar-refractivity contribution in [1.29, 1.82) is 0 Å². The van der Waals surface area contributed by atoms with E-state index in [1.54, 1.807) is 12.1 Å². The number of benzene rings is 1. The lowest BCUT2D eigenvalue weighted by Crippen LogP contribution is -2.36. The third-order valence-electron chi connectivity index (χ3n) is 3.28. The van der Waals surface area contributed by atoms with Crippen LogP contribution in [0.4, 0.5) is 5.69 Å². The first kappa shape index (κ1) is 15.8. The van der Waals surface area contributed by atoms with Gasteiger partial charge in [-0.1, -0.05) is 0 Å². The van der Waals surface area contributed by atoms with Crippen LogP contribution in [0.3, 0.4) is 0 Å². The zero-order valence-electron chi connectivity index (χ0n) is 12.4. The van der Waals surface area contributed by atoms with Crippen molar-refractivity contribution in [1.82, 2.24) is 4.72 Å². The van der Waals surface area contributed by atoms with Crippen LogP contribution in [0.1, 0.15) is 20.3 Å². The van der Waals surface area contributed by atoms with Gasteiger partial charge in [-0.2, -0.15) is 0 Å². The van der Waals surface area contributed by atoms with Gasteiger partial charge < -0.3 is 9.64 Å². The zero-order chi connectivity index (χ0) is 15.6. The van der Waals surface area contributed by atoms with E-state index in [4.69, 9.17) is 4.74 Å². The van der Waals surface area contributed by atoms with Gasteiger partial charge in [0.1, 0.15) is 17.6 Å². The average Bonchev–Trinajstić information content (AvgIpc) is 2.37. The molecule has 0 amide bonds. The summed E-state index contributed by atoms with van der Waals surface area (Å²) in [5, 5.41) is 0. The molecule has 21 heavy (non-hydrogen) atoms. The number of ketones is 1. The molecular formula is C14H20N2O4S. The molecule has 0 bridgehead atoms. The van der Waals surface area contributed by atoms with Gasteiger partial charge >= 0.3 is 0 Å². The third kappa shape index (κ3) is 3.74. The van der Waals surface area contributed by atoms with Crippen LogP contribution in [0.2, 0.25) is 0 Å². The van der Waals surface area contributed by atoms with E-state index in [-0.39, 0.29) is 29.7 Å². The van der Waals surface area contributed by atoms with E-state index in [0.717, 1.165) is 5.69 Å². The lowest BCUT2D eigenvalue weighted by Gasteiger charge is -2.32. The number of hydrogen-bond donors (Lipinski definition) is 1. The van der Waals surface area contributed by atoms with Crippen LogP contribution in [0.25, 0.3) is 0 Å². The fourth-order valence-electron chi connectivity index (χ4n) is 2.25. The molecule has 1 N–H and O–H groups in total. The predicted molar refractivity (Wildman–Crippen MR) is 80.3 cm³/mol. The lowest BCUT2D eigenvalue weighted by molar-refractivity contribution is -0.116. The molecule has 1 aromatic rings. The van der Waals surface area contributed by atoms with Gasteiger partial charge in [-0.3, -0.25) is 4.79 Å². The number of carbonyl (C=O) groups is 1. The van der Waals surface area contributed by atoms with E-state index in [1.807, 2.05) is 18.9 Å². The maximum absolute atomic E-state index is 12.2. The minimum absolute atomic E-state index is 0.0507. The maximum atomic E-state index is 12.2. The van der Waals surface area contributed by atoms with Crippen LogP contribution in [-0.2, 0) is 14.8 Å². The van der Waals surface area contributed by atoms with Crippen LogP contribution in [0.15, 0.2) is 23.1 Å². The molecule has 0 aliphatic carbocycles. The molecule has 2 rings (SSSR count). The molecule has 0 radical (unpaired) electrons. The number of ether oxygens (including phenoxy) is 1. The smallest absolute Gasteiger partial charge is 0.240 e. The van der Waals surface area contributed by atoms with E-state index in [1.165, 1.54) is 13.0 Å². The van der Waals surface area contributed by atoms with E-state index in [2.05, 4.69) is 4.72 Å². The summed E-state index contributed by atoms with van der Waals surface area (Å²) in [6.07, 6.45) is 0.253. The van der Waals surface area contributed by atoms with Gasteiger partial charge in [0.05, 0.1) is 17.1 Å². The average molecular weight is 312 g/mol. The number of nitrogens with zero attached hydrogens (tertiary/aromatic N) is 1. The lowest BCUT2D eigenvalue weighted by atomic mass is 10.2. The van der Waals surface area contributed by atoms with Crippen molar-refractivity contribution < 1.29 is 17.9 Å². The standard InChI is InChI=1S/C14H20N2O4S/c1-10(17)6-7-15-21(18,19)12-4-5-14-13(8-12)16(3)9-11(2)20-14/h4-5,8,11,15H,6-7,9H2,1-3H3. The minimum Gasteiger partial charge on any atom is -0.487 e. The predicted octanol–water partition coefficient (Wildman–Crippen LogP) is 1.16. The normalized spacial score (nSPS) is 18.0. The van der Waals surface area contributed by atoms with Crippen LogP contribution < -0.4 is 14.4 Å². The summed E-state index contributed by atoms with van der Waals surface area (Å²) >= 11 is 0. The summed E-state index contributed by atoms with van der Waals surface area (Å²) in [7, 11) is -1.71. The Balaban J connectivity index is 2.21. The molecule has 0 saturated carbocycles. The summed E-state index contributed by atoms with van der Waals surface area (Å²) in [5.74, 6) is 0.629. The van der Waals surface area contributed by atoms with Crippen LogP contribution >= 0.6 is 0 Å². The maximum Gasteiger partial charge on any atom is 0.240 e. The molecular weight excluding hydrogens is 292 g/mol. The molecule has 1 aromatic carbocycles. The van der Waals surface area contributed by atoms with Crippen LogP contribution in [0, 0.1) is 0 Å². The number of rotatable bonds is 5. The highest BCUT2D eigenvalue weighted by atomic mass is 32.2.